The van der Waals surface area contributed by atoms with Gasteiger partial charge in [-0.1, -0.05) is 13.3 Å². The van der Waals surface area contributed by atoms with Crippen LogP contribution >= 0.6 is 0 Å². The maximum atomic E-state index is 11.6. The summed E-state index contributed by atoms with van der Waals surface area (Å²) in [5.74, 6) is -0.0816. The summed E-state index contributed by atoms with van der Waals surface area (Å²) in [7, 11) is 0. The number of nitrogens with one attached hydrogen (secondary N) is 1. The summed E-state index contributed by atoms with van der Waals surface area (Å²) in [6, 6.07) is -0.590. The standard InChI is InChI=1S/C9H16N2O2/c1-4-5-7-8(12)11(6(2)3)9(13)10-7/h6-7H,4-5H2,1-3H3,(H,10,13). The van der Waals surface area contributed by atoms with Gasteiger partial charge in [-0.05, 0) is 20.3 Å². The van der Waals surface area contributed by atoms with E-state index in [-0.39, 0.29) is 24.0 Å². The van der Waals surface area contributed by atoms with Gasteiger partial charge in [0.15, 0.2) is 0 Å². The molecule has 1 aliphatic rings. The number of hydrogen-bond acceptors (Lipinski definition) is 2. The molecule has 0 aromatic heterocycles. The van der Waals surface area contributed by atoms with Gasteiger partial charge in [0.05, 0.1) is 0 Å². The molecule has 4 nitrogen and oxygen atoms in total. The summed E-state index contributed by atoms with van der Waals surface area (Å²) in [4.78, 5) is 24.2. The van der Waals surface area contributed by atoms with E-state index in [0.717, 1.165) is 12.8 Å². The van der Waals surface area contributed by atoms with Crippen LogP contribution in [0.1, 0.15) is 33.6 Å². The molecule has 4 heteroatoms. The third kappa shape index (κ3) is 1.82. The Labute approximate surface area is 78.3 Å². The molecule has 1 unspecified atom stereocenters. The Morgan fingerprint density at radius 1 is 1.46 bits per heavy atom. The summed E-state index contributed by atoms with van der Waals surface area (Å²) in [5, 5.41) is 2.67. The van der Waals surface area contributed by atoms with Crippen molar-refractivity contribution in [1.29, 1.82) is 0 Å². The largest absolute Gasteiger partial charge is 0.326 e. The fourth-order valence-electron chi connectivity index (χ4n) is 1.52. The molecule has 1 fully saturated rings. The Kier molecular flexibility index (Phi) is 2.90. The second-order valence-electron chi connectivity index (χ2n) is 3.59. The lowest BCUT2D eigenvalue weighted by Crippen LogP contribution is -2.37. The highest BCUT2D eigenvalue weighted by atomic mass is 16.2. The lowest BCUT2D eigenvalue weighted by Gasteiger charge is -2.16. The van der Waals surface area contributed by atoms with E-state index in [0.29, 0.717) is 0 Å². The second kappa shape index (κ2) is 3.77. The molecule has 1 aliphatic heterocycles. The molecule has 1 N–H and O–H groups in total. The molecule has 0 aromatic rings. The minimum Gasteiger partial charge on any atom is -0.326 e. The van der Waals surface area contributed by atoms with Crippen molar-refractivity contribution in [2.24, 2.45) is 0 Å². The van der Waals surface area contributed by atoms with E-state index in [1.54, 1.807) is 0 Å². The van der Waals surface area contributed by atoms with Crippen molar-refractivity contribution >= 4 is 11.9 Å². The highest BCUT2D eigenvalue weighted by Crippen LogP contribution is 2.13. The van der Waals surface area contributed by atoms with E-state index in [9.17, 15) is 9.59 Å². The van der Waals surface area contributed by atoms with E-state index in [4.69, 9.17) is 0 Å². The molecule has 3 amide bonds. The van der Waals surface area contributed by atoms with Gasteiger partial charge >= 0.3 is 6.03 Å². The molecule has 0 aromatic carbocycles. The number of urea groups is 1. The van der Waals surface area contributed by atoms with Gasteiger partial charge < -0.3 is 5.32 Å². The smallest absolute Gasteiger partial charge is 0.325 e. The van der Waals surface area contributed by atoms with Crippen molar-refractivity contribution in [2.75, 3.05) is 0 Å². The van der Waals surface area contributed by atoms with Crippen LogP contribution in [0.2, 0.25) is 0 Å². The van der Waals surface area contributed by atoms with Crippen molar-refractivity contribution in [3.63, 3.8) is 0 Å². The van der Waals surface area contributed by atoms with Crippen molar-refractivity contribution < 1.29 is 9.59 Å². The first-order chi connectivity index (χ1) is 6.07. The molecule has 74 valence electrons. The van der Waals surface area contributed by atoms with E-state index in [1.807, 2.05) is 20.8 Å². The summed E-state index contributed by atoms with van der Waals surface area (Å²) in [6.45, 7) is 5.68. The fraction of sp³-hybridized carbons (Fsp3) is 0.778. The fourth-order valence-corrected chi connectivity index (χ4v) is 1.52. The third-order valence-electron chi connectivity index (χ3n) is 2.15. The summed E-state index contributed by atoms with van der Waals surface area (Å²) < 4.78 is 0. The number of carbonyl (C=O) groups excluding carboxylic acids is 2. The zero-order valence-corrected chi connectivity index (χ0v) is 8.33. The number of imide groups is 1. The van der Waals surface area contributed by atoms with E-state index in [1.165, 1.54) is 4.90 Å². The second-order valence-corrected chi connectivity index (χ2v) is 3.59. The van der Waals surface area contributed by atoms with Crippen molar-refractivity contribution in [3.8, 4) is 0 Å². The molecule has 0 aliphatic carbocycles. The molecule has 0 bridgehead atoms. The van der Waals surface area contributed by atoms with Gasteiger partial charge in [-0.25, -0.2) is 4.79 Å². The molecule has 13 heavy (non-hydrogen) atoms. The van der Waals surface area contributed by atoms with Crippen LogP contribution in [0.3, 0.4) is 0 Å². The Balaban J connectivity index is 2.70. The van der Waals surface area contributed by atoms with E-state index in [2.05, 4.69) is 5.32 Å². The van der Waals surface area contributed by atoms with Gasteiger partial charge in [-0.3, -0.25) is 9.69 Å². The minimum absolute atomic E-state index is 0.0469. The van der Waals surface area contributed by atoms with Crippen LogP contribution in [0.25, 0.3) is 0 Å². The van der Waals surface area contributed by atoms with Gasteiger partial charge in [0.25, 0.3) is 5.91 Å². The van der Waals surface area contributed by atoms with Crippen molar-refractivity contribution in [3.05, 3.63) is 0 Å². The summed E-state index contributed by atoms with van der Waals surface area (Å²) in [5.41, 5.74) is 0. The Morgan fingerprint density at radius 2 is 2.08 bits per heavy atom. The van der Waals surface area contributed by atoms with Crippen LogP contribution < -0.4 is 5.32 Å². The van der Waals surface area contributed by atoms with Crippen molar-refractivity contribution in [1.82, 2.24) is 10.2 Å². The minimum atomic E-state index is -0.292. The molecule has 0 radical (unpaired) electrons. The van der Waals surface area contributed by atoms with Gasteiger partial charge in [0, 0.05) is 6.04 Å². The molecule has 0 saturated carbocycles. The van der Waals surface area contributed by atoms with Crippen LogP contribution in [0, 0.1) is 0 Å². The number of rotatable bonds is 3. The van der Waals surface area contributed by atoms with E-state index >= 15 is 0 Å². The zero-order valence-electron chi connectivity index (χ0n) is 8.33. The van der Waals surface area contributed by atoms with Gasteiger partial charge in [0.1, 0.15) is 6.04 Å². The van der Waals surface area contributed by atoms with E-state index < -0.39 is 0 Å². The van der Waals surface area contributed by atoms with Crippen LogP contribution in [0.4, 0.5) is 4.79 Å². The van der Waals surface area contributed by atoms with Crippen LogP contribution in [-0.4, -0.2) is 28.9 Å². The average Bonchev–Trinajstić information content (AvgIpc) is 2.28. The summed E-state index contributed by atoms with van der Waals surface area (Å²) >= 11 is 0. The normalized spacial score (nSPS) is 22.8. The Bertz CT molecular complexity index is 226. The van der Waals surface area contributed by atoms with Crippen LogP contribution in [-0.2, 0) is 4.79 Å². The lowest BCUT2D eigenvalue weighted by atomic mass is 10.1. The SMILES string of the molecule is CCCC1NC(=O)N(C(C)C)C1=O. The first kappa shape index (κ1) is 10.0. The monoisotopic (exact) mass is 184 g/mol. The first-order valence-corrected chi connectivity index (χ1v) is 4.71. The molecule has 0 spiro atoms. The van der Waals surface area contributed by atoms with Gasteiger partial charge in [0.2, 0.25) is 0 Å². The predicted molar refractivity (Wildman–Crippen MR) is 49.2 cm³/mol. The zero-order chi connectivity index (χ0) is 10.0. The van der Waals surface area contributed by atoms with Crippen LogP contribution in [0.5, 0.6) is 0 Å². The lowest BCUT2D eigenvalue weighted by molar-refractivity contribution is -0.128. The Morgan fingerprint density at radius 3 is 2.46 bits per heavy atom. The summed E-state index contributed by atoms with van der Waals surface area (Å²) in [6.07, 6.45) is 1.64. The number of amides is 3. The molecule has 1 heterocycles. The molecular weight excluding hydrogens is 168 g/mol. The van der Waals surface area contributed by atoms with Crippen molar-refractivity contribution in [2.45, 2.75) is 45.7 Å². The number of hydrogen-bond donors (Lipinski definition) is 1. The van der Waals surface area contributed by atoms with Crippen LogP contribution in [0.15, 0.2) is 0 Å². The number of nitrogens with zero attached hydrogens (tertiary/aromatic N) is 1. The molecule has 1 rings (SSSR count). The van der Waals surface area contributed by atoms with Gasteiger partial charge in [-0.15, -0.1) is 0 Å². The quantitative estimate of drug-likeness (QED) is 0.668. The predicted octanol–water partition coefficient (Wildman–Crippen LogP) is 1.12. The maximum absolute atomic E-state index is 11.6. The average molecular weight is 184 g/mol. The molecule has 1 atom stereocenters. The molecular formula is C9H16N2O2. The maximum Gasteiger partial charge on any atom is 0.325 e. The highest BCUT2D eigenvalue weighted by molar-refractivity contribution is 6.04. The number of carbonyl (C=O) groups is 2. The highest BCUT2D eigenvalue weighted by Gasteiger charge is 2.38. The van der Waals surface area contributed by atoms with Gasteiger partial charge in [-0.2, -0.15) is 0 Å². The molecule has 1 saturated heterocycles. The first-order valence-electron chi connectivity index (χ1n) is 4.71. The topological polar surface area (TPSA) is 49.4 Å². The Hall–Kier alpha value is -1.06. The third-order valence-corrected chi connectivity index (χ3v) is 2.15.